The number of rotatable bonds is 4. The van der Waals surface area contributed by atoms with Gasteiger partial charge in [-0.1, -0.05) is 11.3 Å². The normalized spacial score (nSPS) is 15.4. The van der Waals surface area contributed by atoms with Crippen LogP contribution < -0.4 is 4.74 Å². The van der Waals surface area contributed by atoms with E-state index in [0.717, 1.165) is 28.2 Å². The average Bonchev–Trinajstić information content (AvgIpc) is 3.35. The van der Waals surface area contributed by atoms with Gasteiger partial charge in [-0.25, -0.2) is 4.98 Å². The molecular weight excluding hydrogens is 332 g/mol. The Morgan fingerprint density at radius 1 is 1.20 bits per heavy atom. The quantitative estimate of drug-likeness (QED) is 0.586. The van der Waals surface area contributed by atoms with E-state index in [1.165, 1.54) is 48.2 Å². The number of likely N-dealkylation sites (tertiary alicyclic amines) is 1. The molecule has 0 radical (unpaired) electrons. The van der Waals surface area contributed by atoms with Gasteiger partial charge in [0.2, 0.25) is 0 Å². The number of hydrogen-bond donors (Lipinski definition) is 1. The van der Waals surface area contributed by atoms with Gasteiger partial charge in [0, 0.05) is 35.9 Å². The maximum absolute atomic E-state index is 5.95. The van der Waals surface area contributed by atoms with Crippen molar-refractivity contribution >= 4 is 32.6 Å². The summed E-state index contributed by atoms with van der Waals surface area (Å²) in [6, 6.07) is 10.1. The van der Waals surface area contributed by atoms with Gasteiger partial charge in [0.1, 0.15) is 5.75 Å². The second kappa shape index (κ2) is 6.13. The molecule has 0 unspecified atom stereocenters. The number of pyridine rings is 1. The fourth-order valence-electron chi connectivity index (χ4n) is 3.44. The van der Waals surface area contributed by atoms with E-state index in [4.69, 9.17) is 4.74 Å². The Morgan fingerprint density at radius 2 is 2.12 bits per heavy atom. The van der Waals surface area contributed by atoms with Crippen LogP contribution in [0.5, 0.6) is 10.9 Å². The highest BCUT2D eigenvalue weighted by atomic mass is 32.1. The van der Waals surface area contributed by atoms with Crippen LogP contribution in [0, 0.1) is 0 Å². The smallest absolute Gasteiger partial charge is 0.281 e. The number of ether oxygens (including phenoxy) is 1. The Morgan fingerprint density at radius 3 is 3.00 bits per heavy atom. The second-order valence-electron chi connectivity index (χ2n) is 6.41. The Labute approximate surface area is 149 Å². The van der Waals surface area contributed by atoms with Crippen LogP contribution in [0.3, 0.4) is 0 Å². The first-order chi connectivity index (χ1) is 12.3. The van der Waals surface area contributed by atoms with Crippen molar-refractivity contribution in [2.45, 2.75) is 19.4 Å². The molecule has 3 aromatic heterocycles. The average molecular weight is 350 g/mol. The summed E-state index contributed by atoms with van der Waals surface area (Å²) in [7, 11) is 0. The topological polar surface area (TPSA) is 54.0 Å². The van der Waals surface area contributed by atoms with Crippen LogP contribution in [-0.4, -0.2) is 32.9 Å². The predicted molar refractivity (Wildman–Crippen MR) is 100 cm³/mol. The monoisotopic (exact) mass is 350 g/mol. The third-order valence-electron chi connectivity index (χ3n) is 4.68. The molecule has 4 heterocycles. The van der Waals surface area contributed by atoms with Gasteiger partial charge in [-0.3, -0.25) is 4.90 Å². The van der Waals surface area contributed by atoms with Crippen LogP contribution in [0.25, 0.3) is 21.3 Å². The van der Waals surface area contributed by atoms with Crippen LogP contribution in [-0.2, 0) is 6.54 Å². The van der Waals surface area contributed by atoms with Crippen molar-refractivity contribution in [3.8, 4) is 10.9 Å². The Kier molecular flexibility index (Phi) is 3.64. The maximum Gasteiger partial charge on any atom is 0.281 e. The molecule has 0 amide bonds. The molecule has 1 fully saturated rings. The summed E-state index contributed by atoms with van der Waals surface area (Å²) < 4.78 is 6.98. The van der Waals surface area contributed by atoms with E-state index >= 15 is 0 Å². The van der Waals surface area contributed by atoms with Gasteiger partial charge < -0.3 is 9.72 Å². The van der Waals surface area contributed by atoms with E-state index in [9.17, 15) is 0 Å². The van der Waals surface area contributed by atoms with Crippen LogP contribution >= 0.6 is 11.3 Å². The molecule has 126 valence electrons. The molecule has 0 aliphatic carbocycles. The zero-order valence-corrected chi connectivity index (χ0v) is 14.6. The third-order valence-corrected chi connectivity index (χ3v) is 5.57. The molecule has 0 atom stereocenters. The van der Waals surface area contributed by atoms with Gasteiger partial charge >= 0.3 is 0 Å². The largest absolute Gasteiger partial charge is 0.431 e. The lowest BCUT2D eigenvalue weighted by Gasteiger charge is -2.13. The van der Waals surface area contributed by atoms with Gasteiger partial charge in [0.15, 0.2) is 5.65 Å². The molecule has 0 saturated carbocycles. The summed E-state index contributed by atoms with van der Waals surface area (Å²) in [4.78, 5) is 14.6. The first-order valence-corrected chi connectivity index (χ1v) is 9.38. The first-order valence-electron chi connectivity index (χ1n) is 8.57. The summed E-state index contributed by atoms with van der Waals surface area (Å²) in [6.45, 7) is 3.43. The van der Waals surface area contributed by atoms with Gasteiger partial charge in [0.25, 0.3) is 5.19 Å². The van der Waals surface area contributed by atoms with E-state index in [0.29, 0.717) is 5.19 Å². The maximum atomic E-state index is 5.95. The second-order valence-corrected chi connectivity index (χ2v) is 7.40. The SMILES string of the molecule is c1cnc2nc(Oc3ccc4c(CN5CCCC5)c[nH]c4c3)sc2c1. The van der Waals surface area contributed by atoms with Gasteiger partial charge in [-0.2, -0.15) is 4.98 Å². The van der Waals surface area contributed by atoms with Gasteiger partial charge in [0.05, 0.1) is 4.70 Å². The number of aromatic amines is 1. The molecule has 0 spiro atoms. The predicted octanol–water partition coefficient (Wildman–Crippen LogP) is 4.56. The highest BCUT2D eigenvalue weighted by Crippen LogP contribution is 2.32. The number of fused-ring (bicyclic) bond motifs is 2. The van der Waals surface area contributed by atoms with Crippen LogP contribution in [0.2, 0.25) is 0 Å². The summed E-state index contributed by atoms with van der Waals surface area (Å²) in [6.07, 6.45) is 6.50. The van der Waals surface area contributed by atoms with Crippen LogP contribution in [0.4, 0.5) is 0 Å². The summed E-state index contributed by atoms with van der Waals surface area (Å²) in [5.74, 6) is 0.793. The van der Waals surface area contributed by atoms with Crippen molar-refractivity contribution in [3.63, 3.8) is 0 Å². The van der Waals surface area contributed by atoms with Crippen LogP contribution in [0.1, 0.15) is 18.4 Å². The van der Waals surface area contributed by atoms with Crippen LogP contribution in [0.15, 0.2) is 42.7 Å². The fourth-order valence-corrected chi connectivity index (χ4v) is 4.23. The van der Waals surface area contributed by atoms with Gasteiger partial charge in [-0.05, 0) is 55.8 Å². The minimum absolute atomic E-state index is 0.622. The Hall–Kier alpha value is -2.44. The summed E-state index contributed by atoms with van der Waals surface area (Å²) in [5.41, 5.74) is 3.19. The summed E-state index contributed by atoms with van der Waals surface area (Å²) >= 11 is 1.51. The highest BCUT2D eigenvalue weighted by Gasteiger charge is 2.14. The lowest BCUT2D eigenvalue weighted by molar-refractivity contribution is 0.332. The lowest BCUT2D eigenvalue weighted by Crippen LogP contribution is -2.17. The van der Waals surface area contributed by atoms with E-state index in [1.54, 1.807) is 6.20 Å². The number of aromatic nitrogens is 3. The number of hydrogen-bond acceptors (Lipinski definition) is 5. The molecule has 25 heavy (non-hydrogen) atoms. The first kappa shape index (κ1) is 14.9. The summed E-state index contributed by atoms with van der Waals surface area (Å²) in [5, 5.41) is 1.89. The molecule has 5 rings (SSSR count). The van der Waals surface area contributed by atoms with E-state index < -0.39 is 0 Å². The molecular formula is C19H18N4OS. The molecule has 1 aliphatic rings. The van der Waals surface area contributed by atoms with E-state index in [2.05, 4.69) is 32.1 Å². The molecule has 1 aromatic carbocycles. The standard InChI is InChI=1S/C19H18N4OS/c1-2-9-23(8-1)12-13-11-21-16-10-14(5-6-15(13)16)24-19-22-18-17(25-19)4-3-7-20-18/h3-7,10-11,21H,1-2,8-9,12H2. The van der Waals surface area contributed by atoms with Crippen molar-refractivity contribution in [2.24, 2.45) is 0 Å². The minimum atomic E-state index is 0.622. The third kappa shape index (κ3) is 2.88. The highest BCUT2D eigenvalue weighted by molar-refractivity contribution is 7.20. The minimum Gasteiger partial charge on any atom is -0.431 e. The molecule has 1 aliphatic heterocycles. The van der Waals surface area contributed by atoms with Crippen molar-refractivity contribution in [3.05, 3.63) is 48.3 Å². The van der Waals surface area contributed by atoms with Crippen molar-refractivity contribution < 1.29 is 4.74 Å². The van der Waals surface area contributed by atoms with Crippen molar-refractivity contribution in [1.29, 1.82) is 0 Å². The number of thiazole rings is 1. The molecule has 5 nitrogen and oxygen atoms in total. The zero-order chi connectivity index (χ0) is 16.6. The molecule has 6 heteroatoms. The number of benzene rings is 1. The van der Waals surface area contributed by atoms with Crippen molar-refractivity contribution in [2.75, 3.05) is 13.1 Å². The van der Waals surface area contributed by atoms with E-state index in [-0.39, 0.29) is 0 Å². The number of nitrogens with zero attached hydrogens (tertiary/aromatic N) is 3. The van der Waals surface area contributed by atoms with E-state index in [1.807, 2.05) is 24.3 Å². The number of H-pyrrole nitrogens is 1. The van der Waals surface area contributed by atoms with Crippen molar-refractivity contribution in [1.82, 2.24) is 19.9 Å². The zero-order valence-electron chi connectivity index (χ0n) is 13.7. The Balaban J connectivity index is 1.40. The number of nitrogens with one attached hydrogen (secondary N) is 1. The molecule has 4 aromatic rings. The fraction of sp³-hybridized carbons (Fsp3) is 0.263. The van der Waals surface area contributed by atoms with Gasteiger partial charge in [-0.15, -0.1) is 0 Å². The molecule has 0 bridgehead atoms. The molecule has 1 N–H and O–H groups in total. The Bertz CT molecular complexity index is 999. The lowest BCUT2D eigenvalue weighted by atomic mass is 10.1. The molecule has 1 saturated heterocycles.